The van der Waals surface area contributed by atoms with Crippen LogP contribution in [0.3, 0.4) is 0 Å². The molecule has 2 aromatic rings. The van der Waals surface area contributed by atoms with Crippen molar-refractivity contribution in [1.82, 2.24) is 0 Å². The predicted octanol–water partition coefficient (Wildman–Crippen LogP) is 21.4. The zero-order chi connectivity index (χ0) is 50.2. The monoisotopic (exact) mass is 997 g/mol. The van der Waals surface area contributed by atoms with Crippen molar-refractivity contribution in [3.63, 3.8) is 0 Å². The van der Waals surface area contributed by atoms with Gasteiger partial charge in [0.15, 0.2) is 0 Å². The normalized spacial score (nSPS) is 12.7. The molecule has 0 spiro atoms. The minimum atomic E-state index is 0.708. The van der Waals surface area contributed by atoms with Crippen LogP contribution in [0.25, 0.3) is 16.9 Å². The second-order valence-corrected chi connectivity index (χ2v) is 21.5. The van der Waals surface area contributed by atoms with Crippen molar-refractivity contribution < 1.29 is 27.5 Å². The van der Waals surface area contributed by atoms with Gasteiger partial charge in [0.2, 0.25) is 11.4 Å². The topological polar surface area (TPSA) is 43.8 Å². The maximum absolute atomic E-state index is 12.1. The van der Waals surface area contributed by atoms with E-state index in [1.807, 2.05) is 13.8 Å². The van der Waals surface area contributed by atoms with Gasteiger partial charge in [-0.1, -0.05) is 214 Å². The molecule has 2 aromatic carbocycles. The zero-order valence-corrected chi connectivity index (χ0v) is 48.0. The van der Waals surface area contributed by atoms with E-state index in [4.69, 9.17) is 7.76 Å². The first-order chi connectivity index (χ1) is 33.8. The first-order valence-corrected chi connectivity index (χ1v) is 30.6. The molecule has 0 unspecified atom stereocenters. The molecule has 0 aromatic heterocycles. The summed E-state index contributed by atoms with van der Waals surface area (Å²) in [7, 11) is 0. The van der Waals surface area contributed by atoms with E-state index >= 15 is 0 Å². The quantitative estimate of drug-likeness (QED) is 0.0377. The van der Waals surface area contributed by atoms with Crippen LogP contribution in [0.2, 0.25) is 0 Å². The molecular weight excluding hydrogens is 887 g/mol. The van der Waals surface area contributed by atoms with E-state index in [0.29, 0.717) is 13.2 Å². The number of unbranched alkanes of at least 4 members (excludes halogenated alkanes) is 29. The summed E-state index contributed by atoms with van der Waals surface area (Å²) in [4.78, 5) is 0. The molecule has 3 rings (SSSR count). The number of rotatable bonds is 43. The summed E-state index contributed by atoms with van der Waals surface area (Å²) < 4.78 is 11.1. The molecule has 1 aliphatic rings. The van der Waals surface area contributed by atoms with E-state index in [-0.39, 0.29) is 0 Å². The van der Waals surface area contributed by atoms with Crippen LogP contribution >= 0.6 is 0 Å². The summed E-state index contributed by atoms with van der Waals surface area (Å²) in [6, 6.07) is 9.48. The fourth-order valence-electron chi connectivity index (χ4n) is 10.1. The molecular formula is C64H110N2NiO2. The third kappa shape index (κ3) is 27.5. The third-order valence-electron chi connectivity index (χ3n) is 14.7. The van der Waals surface area contributed by atoms with Crippen molar-refractivity contribution in [3.8, 4) is 0 Å². The van der Waals surface area contributed by atoms with Crippen molar-refractivity contribution >= 4 is 11.4 Å². The molecule has 1 aliphatic heterocycles. The number of aryl methyl sites for hydroxylation is 4. The van der Waals surface area contributed by atoms with Gasteiger partial charge in [-0.2, -0.15) is 0 Å². The van der Waals surface area contributed by atoms with Gasteiger partial charge < -0.3 is 5.53 Å². The van der Waals surface area contributed by atoms with Gasteiger partial charge in [-0.25, -0.2) is 4.70 Å². The predicted molar refractivity (Wildman–Crippen MR) is 300 cm³/mol. The van der Waals surface area contributed by atoms with E-state index in [2.05, 4.69) is 78.8 Å². The van der Waals surface area contributed by atoms with E-state index in [1.54, 1.807) is 10.3 Å². The molecule has 0 atom stereocenters. The second-order valence-electron chi connectivity index (χ2n) is 20.8. The average Bonchev–Trinajstić information content (AvgIpc) is 3.68. The van der Waals surface area contributed by atoms with E-state index in [1.165, 1.54) is 257 Å². The SMILES string of the molecule is CCCCCCCCCCCCCCCCCCCCCCCCCCCCCC1=C(c2cc(CCCC)c(CCCC)c(CCCC)c2)[N+](=[N-])C(c2cc(C)c(C)c(C)c2)=C1.CC[O][Ni][O]CC. The van der Waals surface area contributed by atoms with Gasteiger partial charge in [0, 0.05) is 22.8 Å². The Hall–Kier alpha value is -2.07. The van der Waals surface area contributed by atoms with E-state index in [9.17, 15) is 5.53 Å². The Morgan fingerprint density at radius 3 is 1.12 bits per heavy atom. The molecule has 5 heteroatoms. The van der Waals surface area contributed by atoms with Crippen LogP contribution in [-0.4, -0.2) is 17.9 Å². The average molecular weight is 998 g/mol. The van der Waals surface area contributed by atoms with Crippen LogP contribution < -0.4 is 0 Å². The molecule has 4 nitrogen and oxygen atoms in total. The Balaban J connectivity index is 0.00000216. The standard InChI is InChI=1S/C60H100N2.2C2H5O.Ni/c1-8-12-16-17-18-19-20-21-22-23-24-25-26-27-28-29-30-31-32-33-34-35-36-37-38-39-40-43-55-49-59(56-45-50(5)52(7)51(6)46-56)62(61)60(55)57-47-53(41-13-9-2)58(44-15-11-4)54(48-57)42-14-10-3;2*1-2-3;/h45-49H,8-44H2,1-7H3;2*2H2,1H3;/q;2*-1;+2. The molecule has 0 bridgehead atoms. The number of allylic oxidation sites excluding steroid dienone is 2. The van der Waals surface area contributed by atoms with Gasteiger partial charge in [-0.3, -0.25) is 0 Å². The summed E-state index contributed by atoms with van der Waals surface area (Å²) in [5.74, 6) is 0. The van der Waals surface area contributed by atoms with Crippen molar-refractivity contribution in [1.29, 1.82) is 0 Å². The van der Waals surface area contributed by atoms with Crippen LogP contribution in [0.1, 0.15) is 304 Å². The van der Waals surface area contributed by atoms with Crippen LogP contribution in [0.15, 0.2) is 35.9 Å². The van der Waals surface area contributed by atoms with Gasteiger partial charge in [0.1, 0.15) is 0 Å². The number of hydrogen-bond acceptors (Lipinski definition) is 2. The molecule has 0 saturated heterocycles. The molecule has 0 radical (unpaired) electrons. The van der Waals surface area contributed by atoms with Crippen molar-refractivity contribution in [2.24, 2.45) is 0 Å². The molecule has 0 fully saturated rings. The number of benzene rings is 2. The van der Waals surface area contributed by atoms with E-state index < -0.39 is 0 Å². The Morgan fingerprint density at radius 1 is 0.406 bits per heavy atom. The maximum atomic E-state index is 12.1. The Kier molecular flexibility index (Phi) is 38.8. The molecule has 69 heavy (non-hydrogen) atoms. The summed E-state index contributed by atoms with van der Waals surface area (Å²) in [5, 5.41) is 0. The fraction of sp³-hybridized carbons (Fsp3) is 0.750. The fourth-order valence-corrected chi connectivity index (χ4v) is 10.5. The molecule has 398 valence electrons. The first kappa shape index (κ1) is 63.1. The van der Waals surface area contributed by atoms with Crippen molar-refractivity contribution in [3.05, 3.63) is 86.0 Å². The molecule has 0 aliphatic carbocycles. The summed E-state index contributed by atoms with van der Waals surface area (Å²) in [6.45, 7) is 21.1. The molecule has 0 amide bonds. The Bertz CT molecular complexity index is 1620. The minimum absolute atomic E-state index is 0.708. The summed E-state index contributed by atoms with van der Waals surface area (Å²) in [6.07, 6.45) is 52.6. The molecule has 0 N–H and O–H groups in total. The van der Waals surface area contributed by atoms with E-state index in [0.717, 1.165) is 51.3 Å². The summed E-state index contributed by atoms with van der Waals surface area (Å²) >= 11 is 0.899. The van der Waals surface area contributed by atoms with Crippen LogP contribution in [-0.2, 0) is 42.1 Å². The van der Waals surface area contributed by atoms with Crippen molar-refractivity contribution in [2.75, 3.05) is 13.2 Å². The van der Waals surface area contributed by atoms with Crippen molar-refractivity contribution in [2.45, 2.75) is 300 Å². The van der Waals surface area contributed by atoms with Gasteiger partial charge in [-0.05, 0) is 130 Å². The van der Waals surface area contributed by atoms with Crippen LogP contribution in [0, 0.1) is 20.8 Å². The number of hydrogen-bond donors (Lipinski definition) is 0. The third-order valence-corrected chi connectivity index (χ3v) is 15.5. The van der Waals surface area contributed by atoms with Gasteiger partial charge >= 0.3 is 49.9 Å². The number of nitrogens with zero attached hydrogens (tertiary/aromatic N) is 2. The zero-order valence-electron chi connectivity index (χ0n) is 47.0. The Labute approximate surface area is 435 Å². The van der Waals surface area contributed by atoms with Gasteiger partial charge in [0.25, 0.3) is 0 Å². The first-order valence-electron chi connectivity index (χ1n) is 29.8. The van der Waals surface area contributed by atoms with Crippen LogP contribution in [0.4, 0.5) is 0 Å². The molecule has 0 saturated carbocycles. The van der Waals surface area contributed by atoms with Crippen LogP contribution in [0.5, 0.6) is 0 Å². The van der Waals surface area contributed by atoms with Gasteiger partial charge in [-0.15, -0.1) is 0 Å². The summed E-state index contributed by atoms with van der Waals surface area (Å²) in [5.41, 5.74) is 26.3. The Morgan fingerprint density at radius 2 is 0.754 bits per heavy atom. The second kappa shape index (κ2) is 42.4. The molecule has 1 heterocycles. The van der Waals surface area contributed by atoms with Gasteiger partial charge in [0.05, 0.1) is 0 Å².